The number of nitrogens with two attached hydrogens (primary N) is 1. The van der Waals surface area contributed by atoms with Crippen molar-refractivity contribution in [1.82, 2.24) is 14.8 Å². The molecule has 1 aromatic rings. The number of hydrogen-bond acceptors (Lipinski definition) is 4. The number of oxime groups is 1. The fourth-order valence-electron chi connectivity index (χ4n) is 1.59. The lowest BCUT2D eigenvalue weighted by molar-refractivity contribution is -0.159. The van der Waals surface area contributed by atoms with Gasteiger partial charge in [-0.25, -0.2) is 9.67 Å². The number of alkyl halides is 3. The molecule has 0 aromatic carbocycles. The largest absolute Gasteiger partial charge is 0.409 e. The van der Waals surface area contributed by atoms with Crippen molar-refractivity contribution in [2.24, 2.45) is 16.8 Å². The topological polar surface area (TPSA) is 89.3 Å². The van der Waals surface area contributed by atoms with Gasteiger partial charge in [0.1, 0.15) is 11.7 Å². The van der Waals surface area contributed by atoms with Gasteiger partial charge in [0.05, 0.1) is 6.54 Å². The molecule has 1 heterocycles. The first-order valence-electron chi connectivity index (χ1n) is 5.80. The summed E-state index contributed by atoms with van der Waals surface area (Å²) in [6.07, 6.45) is -3.63. The molecule has 1 unspecified atom stereocenters. The number of aryl methyl sites for hydroxylation is 2. The van der Waals surface area contributed by atoms with Crippen LogP contribution in [0.15, 0.2) is 5.16 Å². The average Bonchev–Trinajstić information content (AvgIpc) is 2.76. The molecule has 0 radical (unpaired) electrons. The molecule has 108 valence electrons. The van der Waals surface area contributed by atoms with Crippen LogP contribution in [-0.2, 0) is 19.4 Å². The van der Waals surface area contributed by atoms with E-state index in [1.54, 1.807) is 6.92 Å². The molecule has 0 saturated carbocycles. The molecule has 19 heavy (non-hydrogen) atoms. The van der Waals surface area contributed by atoms with Crippen LogP contribution in [0.3, 0.4) is 0 Å². The Hall–Kier alpha value is -1.80. The van der Waals surface area contributed by atoms with Gasteiger partial charge in [0.2, 0.25) is 0 Å². The molecule has 0 aliphatic carbocycles. The van der Waals surface area contributed by atoms with E-state index in [1.807, 2.05) is 6.92 Å². The average molecular weight is 279 g/mol. The van der Waals surface area contributed by atoms with Crippen molar-refractivity contribution in [1.29, 1.82) is 0 Å². The maximum absolute atomic E-state index is 12.8. The zero-order chi connectivity index (χ0) is 14.6. The van der Waals surface area contributed by atoms with Crippen molar-refractivity contribution in [2.45, 2.75) is 39.4 Å². The summed E-state index contributed by atoms with van der Waals surface area (Å²) < 4.78 is 39.7. The first-order valence-corrected chi connectivity index (χ1v) is 5.80. The Bertz CT molecular complexity index is 455. The van der Waals surface area contributed by atoms with E-state index >= 15 is 0 Å². The number of aromatic nitrogens is 3. The van der Waals surface area contributed by atoms with Gasteiger partial charge in [-0.2, -0.15) is 18.3 Å². The van der Waals surface area contributed by atoms with Gasteiger partial charge < -0.3 is 10.9 Å². The zero-order valence-corrected chi connectivity index (χ0v) is 10.6. The van der Waals surface area contributed by atoms with Gasteiger partial charge in [0, 0.05) is 12.8 Å². The van der Waals surface area contributed by atoms with E-state index in [1.165, 1.54) is 0 Å². The molecule has 9 heteroatoms. The molecule has 1 atom stereocenters. The number of hydrogen-bond donors (Lipinski definition) is 2. The van der Waals surface area contributed by atoms with Gasteiger partial charge in [0.15, 0.2) is 11.7 Å². The maximum Gasteiger partial charge on any atom is 0.400 e. The number of nitrogens with zero attached hydrogens (tertiary/aromatic N) is 4. The van der Waals surface area contributed by atoms with E-state index in [0.717, 1.165) is 4.68 Å². The summed E-state index contributed by atoms with van der Waals surface area (Å²) in [5, 5.41) is 14.9. The smallest absolute Gasteiger partial charge is 0.400 e. The van der Waals surface area contributed by atoms with Crippen LogP contribution < -0.4 is 5.73 Å². The van der Waals surface area contributed by atoms with Crippen LogP contribution in [0.5, 0.6) is 0 Å². The van der Waals surface area contributed by atoms with Crippen molar-refractivity contribution >= 4 is 5.84 Å². The normalized spacial score (nSPS) is 14.7. The number of amidine groups is 1. The number of rotatable bonds is 5. The molecule has 0 bridgehead atoms. The minimum absolute atomic E-state index is 0.442. The Morgan fingerprint density at radius 1 is 1.42 bits per heavy atom. The monoisotopic (exact) mass is 279 g/mol. The van der Waals surface area contributed by atoms with Crippen molar-refractivity contribution in [3.05, 3.63) is 11.6 Å². The molecule has 0 aliphatic heterocycles. The third-order valence-electron chi connectivity index (χ3n) is 2.65. The highest BCUT2D eigenvalue weighted by molar-refractivity contribution is 5.82. The van der Waals surface area contributed by atoms with E-state index in [9.17, 15) is 13.2 Å². The molecule has 0 amide bonds. The lowest BCUT2D eigenvalue weighted by atomic mass is 10.1. The summed E-state index contributed by atoms with van der Waals surface area (Å²) >= 11 is 0. The fraction of sp³-hybridized carbons (Fsp3) is 0.700. The van der Waals surface area contributed by atoms with Crippen LogP contribution in [-0.4, -0.2) is 32.0 Å². The van der Waals surface area contributed by atoms with Crippen LogP contribution in [0.25, 0.3) is 0 Å². The van der Waals surface area contributed by atoms with Crippen molar-refractivity contribution in [3.8, 4) is 0 Å². The Kier molecular flexibility index (Phi) is 4.73. The molecule has 1 aromatic heterocycles. The summed E-state index contributed by atoms with van der Waals surface area (Å²) in [6.45, 7) is 3.03. The van der Waals surface area contributed by atoms with E-state index in [4.69, 9.17) is 10.9 Å². The second kappa shape index (κ2) is 5.89. The van der Waals surface area contributed by atoms with Crippen LogP contribution in [0, 0.1) is 5.92 Å². The van der Waals surface area contributed by atoms with Crippen molar-refractivity contribution in [3.63, 3.8) is 0 Å². The van der Waals surface area contributed by atoms with E-state index in [2.05, 4.69) is 15.2 Å². The quantitative estimate of drug-likeness (QED) is 0.368. The van der Waals surface area contributed by atoms with Gasteiger partial charge in [0.25, 0.3) is 0 Å². The summed E-state index contributed by atoms with van der Waals surface area (Å²) in [5.41, 5.74) is 5.10. The van der Waals surface area contributed by atoms with Gasteiger partial charge in [-0.3, -0.25) is 0 Å². The predicted octanol–water partition coefficient (Wildman–Crippen LogP) is 1.33. The van der Waals surface area contributed by atoms with Crippen LogP contribution in [0.1, 0.15) is 25.5 Å². The predicted molar refractivity (Wildman–Crippen MR) is 61.7 cm³/mol. The molecule has 0 fully saturated rings. The molecule has 3 N–H and O–H groups in total. The third-order valence-corrected chi connectivity index (χ3v) is 2.65. The summed E-state index contributed by atoms with van der Waals surface area (Å²) in [7, 11) is 0. The van der Waals surface area contributed by atoms with Gasteiger partial charge in [-0.1, -0.05) is 19.0 Å². The second-order valence-electron chi connectivity index (χ2n) is 3.95. The number of halogens is 3. The molecular formula is C10H16F3N5O. The SMILES string of the molecule is CCc1nc(CC)n(CC(C(N)=NO)C(F)(F)F)n1. The Morgan fingerprint density at radius 3 is 2.47 bits per heavy atom. The highest BCUT2D eigenvalue weighted by Crippen LogP contribution is 2.28. The van der Waals surface area contributed by atoms with Gasteiger partial charge in [-0.05, 0) is 0 Å². The molecule has 0 aliphatic rings. The minimum atomic E-state index is -4.61. The highest BCUT2D eigenvalue weighted by atomic mass is 19.4. The van der Waals surface area contributed by atoms with E-state index in [0.29, 0.717) is 24.5 Å². The zero-order valence-electron chi connectivity index (χ0n) is 10.6. The molecule has 0 spiro atoms. The van der Waals surface area contributed by atoms with Gasteiger partial charge in [-0.15, -0.1) is 0 Å². The Labute approximate surface area is 108 Å². The van der Waals surface area contributed by atoms with Crippen LogP contribution >= 0.6 is 0 Å². The van der Waals surface area contributed by atoms with E-state index < -0.39 is 24.5 Å². The summed E-state index contributed by atoms with van der Waals surface area (Å²) in [5.74, 6) is -2.06. The minimum Gasteiger partial charge on any atom is -0.409 e. The van der Waals surface area contributed by atoms with Crippen LogP contribution in [0.4, 0.5) is 13.2 Å². The fourth-order valence-corrected chi connectivity index (χ4v) is 1.59. The van der Waals surface area contributed by atoms with Crippen molar-refractivity contribution in [2.75, 3.05) is 0 Å². The van der Waals surface area contributed by atoms with Gasteiger partial charge >= 0.3 is 6.18 Å². The third kappa shape index (κ3) is 3.58. The molecular weight excluding hydrogens is 263 g/mol. The first-order chi connectivity index (χ1) is 8.83. The van der Waals surface area contributed by atoms with Crippen molar-refractivity contribution < 1.29 is 18.4 Å². The Balaban J connectivity index is 3.06. The highest BCUT2D eigenvalue weighted by Gasteiger charge is 2.43. The van der Waals surface area contributed by atoms with Crippen LogP contribution in [0.2, 0.25) is 0 Å². The Morgan fingerprint density at radius 2 is 2.05 bits per heavy atom. The lowest BCUT2D eigenvalue weighted by Crippen LogP contribution is -2.39. The molecule has 0 saturated heterocycles. The lowest BCUT2D eigenvalue weighted by Gasteiger charge is -2.19. The summed E-state index contributed by atoms with van der Waals surface area (Å²) in [6, 6.07) is 0. The summed E-state index contributed by atoms with van der Waals surface area (Å²) in [4.78, 5) is 4.11. The standard InChI is InChI=1S/C10H16F3N5O/c1-3-7-15-8(4-2)18(16-7)5-6(9(14)17-19)10(11,12)13/h6,19H,3-5H2,1-2H3,(H2,14,17). The molecule has 1 rings (SSSR count). The molecule has 6 nitrogen and oxygen atoms in total. The maximum atomic E-state index is 12.8. The van der Waals surface area contributed by atoms with E-state index in [-0.39, 0.29) is 0 Å². The first kappa shape index (κ1) is 15.3. The second-order valence-corrected chi connectivity index (χ2v) is 3.95.